The molecule has 0 saturated heterocycles. The van der Waals surface area contributed by atoms with Crippen molar-refractivity contribution in [3.05, 3.63) is 58.1 Å². The first kappa shape index (κ1) is 13.3. The number of H-pyrrole nitrogens is 1. The van der Waals surface area contributed by atoms with Crippen molar-refractivity contribution in [2.24, 2.45) is 0 Å². The number of aromatic amines is 1. The fourth-order valence-electron chi connectivity index (χ4n) is 2.71. The predicted molar refractivity (Wildman–Crippen MR) is 82.9 cm³/mol. The third kappa shape index (κ3) is 2.23. The molecule has 2 heterocycles. The van der Waals surface area contributed by atoms with Crippen LogP contribution in [0.5, 0.6) is 5.75 Å². The molecule has 5 nitrogen and oxygen atoms in total. The van der Waals surface area contributed by atoms with Gasteiger partial charge in [-0.05, 0) is 52.2 Å². The molecule has 1 N–H and O–H groups in total. The molecular formula is C16H13ClN4O. The van der Waals surface area contributed by atoms with Gasteiger partial charge in [-0.1, -0.05) is 29.8 Å². The van der Waals surface area contributed by atoms with E-state index in [1.54, 1.807) is 0 Å². The van der Waals surface area contributed by atoms with Gasteiger partial charge in [0.25, 0.3) is 0 Å². The third-order valence-electron chi connectivity index (χ3n) is 3.89. The fraction of sp³-hybridized carbons (Fsp3) is 0.188. The number of benzene rings is 2. The standard InChI is InChI=1S/C16H13ClN4O/c1-9-5-14-12(7-13(9)17)8-15(22-14)10-3-2-4-11(6-10)16-18-20-21-19-16/h2-7,15H,8H2,1H3,(H,18,19,20,21). The van der Waals surface area contributed by atoms with Crippen LogP contribution >= 0.6 is 11.6 Å². The highest BCUT2D eigenvalue weighted by Crippen LogP contribution is 2.39. The summed E-state index contributed by atoms with van der Waals surface area (Å²) >= 11 is 6.20. The van der Waals surface area contributed by atoms with Gasteiger partial charge in [-0.3, -0.25) is 0 Å². The third-order valence-corrected chi connectivity index (χ3v) is 4.30. The van der Waals surface area contributed by atoms with E-state index in [1.807, 2.05) is 37.3 Å². The van der Waals surface area contributed by atoms with E-state index in [2.05, 4.69) is 26.7 Å². The second-order valence-electron chi connectivity index (χ2n) is 5.40. The Kier molecular flexibility index (Phi) is 3.08. The summed E-state index contributed by atoms with van der Waals surface area (Å²) in [7, 11) is 0. The van der Waals surface area contributed by atoms with Crippen molar-refractivity contribution in [1.29, 1.82) is 0 Å². The number of nitrogens with zero attached hydrogens (tertiary/aromatic N) is 3. The maximum absolute atomic E-state index is 6.20. The van der Waals surface area contributed by atoms with E-state index in [9.17, 15) is 0 Å². The highest BCUT2D eigenvalue weighted by molar-refractivity contribution is 6.31. The van der Waals surface area contributed by atoms with Crippen molar-refractivity contribution in [1.82, 2.24) is 20.6 Å². The van der Waals surface area contributed by atoms with Crippen molar-refractivity contribution < 1.29 is 4.74 Å². The molecule has 1 atom stereocenters. The summed E-state index contributed by atoms with van der Waals surface area (Å²) in [5.41, 5.74) is 4.21. The number of aryl methyl sites for hydroxylation is 1. The van der Waals surface area contributed by atoms with E-state index in [0.29, 0.717) is 5.82 Å². The van der Waals surface area contributed by atoms with Crippen LogP contribution in [0.4, 0.5) is 0 Å². The van der Waals surface area contributed by atoms with Crippen LogP contribution in [0.2, 0.25) is 5.02 Å². The Morgan fingerprint density at radius 3 is 3.00 bits per heavy atom. The maximum Gasteiger partial charge on any atom is 0.179 e. The fourth-order valence-corrected chi connectivity index (χ4v) is 2.90. The van der Waals surface area contributed by atoms with E-state index in [1.165, 1.54) is 0 Å². The van der Waals surface area contributed by atoms with Crippen LogP contribution in [0, 0.1) is 6.92 Å². The van der Waals surface area contributed by atoms with E-state index < -0.39 is 0 Å². The van der Waals surface area contributed by atoms with Crippen molar-refractivity contribution in [3.8, 4) is 17.1 Å². The number of hydrogen-bond acceptors (Lipinski definition) is 4. The first-order chi connectivity index (χ1) is 10.7. The van der Waals surface area contributed by atoms with Crippen LogP contribution in [-0.4, -0.2) is 20.6 Å². The van der Waals surface area contributed by atoms with Gasteiger partial charge < -0.3 is 4.74 Å². The Balaban J connectivity index is 1.66. The lowest BCUT2D eigenvalue weighted by atomic mass is 10.0. The van der Waals surface area contributed by atoms with Crippen molar-refractivity contribution in [2.45, 2.75) is 19.4 Å². The summed E-state index contributed by atoms with van der Waals surface area (Å²) in [5.74, 6) is 1.56. The van der Waals surface area contributed by atoms with Crippen LogP contribution in [-0.2, 0) is 6.42 Å². The Labute approximate surface area is 132 Å². The molecule has 1 aromatic heterocycles. The van der Waals surface area contributed by atoms with Gasteiger partial charge >= 0.3 is 0 Å². The number of halogens is 1. The Morgan fingerprint density at radius 2 is 2.18 bits per heavy atom. The predicted octanol–water partition coefficient (Wildman–Crippen LogP) is 3.50. The molecule has 110 valence electrons. The molecule has 6 heteroatoms. The van der Waals surface area contributed by atoms with Crippen LogP contribution in [0.25, 0.3) is 11.4 Å². The average molecular weight is 313 g/mol. The Morgan fingerprint density at radius 1 is 1.27 bits per heavy atom. The lowest BCUT2D eigenvalue weighted by molar-refractivity contribution is 0.238. The molecule has 1 aliphatic heterocycles. The van der Waals surface area contributed by atoms with Gasteiger partial charge in [-0.25, -0.2) is 5.10 Å². The van der Waals surface area contributed by atoms with E-state index in [0.717, 1.165) is 39.4 Å². The summed E-state index contributed by atoms with van der Waals surface area (Å²) in [6.07, 6.45) is 0.802. The zero-order chi connectivity index (χ0) is 15.1. The van der Waals surface area contributed by atoms with Crippen LogP contribution in [0.1, 0.15) is 22.8 Å². The van der Waals surface area contributed by atoms with Crippen molar-refractivity contribution in [3.63, 3.8) is 0 Å². The molecule has 0 fully saturated rings. The lowest BCUT2D eigenvalue weighted by Crippen LogP contribution is -2.03. The minimum Gasteiger partial charge on any atom is -0.485 e. The molecule has 0 bridgehead atoms. The number of tetrazole rings is 1. The minimum atomic E-state index is -0.0105. The second kappa shape index (κ2) is 5.10. The zero-order valence-corrected chi connectivity index (χ0v) is 12.6. The summed E-state index contributed by atoms with van der Waals surface area (Å²) in [6.45, 7) is 1.98. The normalized spacial score (nSPS) is 16.4. The summed E-state index contributed by atoms with van der Waals surface area (Å²) < 4.78 is 6.08. The number of aromatic nitrogens is 4. The summed E-state index contributed by atoms with van der Waals surface area (Å²) in [4.78, 5) is 0. The number of rotatable bonds is 2. The van der Waals surface area contributed by atoms with Gasteiger partial charge in [-0.15, -0.1) is 5.10 Å². The van der Waals surface area contributed by atoms with Crippen molar-refractivity contribution >= 4 is 11.6 Å². The van der Waals surface area contributed by atoms with Crippen LogP contribution < -0.4 is 4.74 Å². The molecule has 2 aromatic carbocycles. The second-order valence-corrected chi connectivity index (χ2v) is 5.80. The quantitative estimate of drug-likeness (QED) is 0.786. The molecule has 0 amide bonds. The molecule has 0 saturated carbocycles. The van der Waals surface area contributed by atoms with Crippen molar-refractivity contribution in [2.75, 3.05) is 0 Å². The van der Waals surface area contributed by atoms with E-state index in [4.69, 9.17) is 16.3 Å². The van der Waals surface area contributed by atoms with Gasteiger partial charge in [0.05, 0.1) is 0 Å². The van der Waals surface area contributed by atoms with Gasteiger partial charge in [-0.2, -0.15) is 0 Å². The monoisotopic (exact) mass is 312 g/mol. The number of fused-ring (bicyclic) bond motifs is 1. The van der Waals surface area contributed by atoms with Gasteiger partial charge in [0.1, 0.15) is 11.9 Å². The smallest absolute Gasteiger partial charge is 0.179 e. The van der Waals surface area contributed by atoms with Crippen LogP contribution in [0.3, 0.4) is 0 Å². The van der Waals surface area contributed by atoms with Gasteiger partial charge in [0.2, 0.25) is 0 Å². The molecular weight excluding hydrogens is 300 g/mol. The summed E-state index contributed by atoms with van der Waals surface area (Å²) in [6, 6.07) is 12.1. The maximum atomic E-state index is 6.20. The minimum absolute atomic E-state index is 0.0105. The Hall–Kier alpha value is -2.40. The highest BCUT2D eigenvalue weighted by Gasteiger charge is 2.25. The molecule has 0 radical (unpaired) electrons. The molecule has 4 rings (SSSR count). The number of hydrogen-bond donors (Lipinski definition) is 1. The molecule has 1 aliphatic rings. The van der Waals surface area contributed by atoms with Gasteiger partial charge in [0, 0.05) is 17.0 Å². The van der Waals surface area contributed by atoms with Gasteiger partial charge in [0.15, 0.2) is 5.82 Å². The molecule has 0 spiro atoms. The highest BCUT2D eigenvalue weighted by atomic mass is 35.5. The zero-order valence-electron chi connectivity index (χ0n) is 11.9. The first-order valence-corrected chi connectivity index (χ1v) is 7.38. The average Bonchev–Trinajstić information content (AvgIpc) is 3.17. The SMILES string of the molecule is Cc1cc2c(cc1Cl)CC(c1cccc(-c3nnn[nH]3)c1)O2. The molecule has 0 aliphatic carbocycles. The summed E-state index contributed by atoms with van der Waals surface area (Å²) in [5, 5.41) is 14.7. The Bertz CT molecular complexity index is 801. The van der Waals surface area contributed by atoms with E-state index in [-0.39, 0.29) is 6.10 Å². The molecule has 22 heavy (non-hydrogen) atoms. The first-order valence-electron chi connectivity index (χ1n) is 7.00. The topological polar surface area (TPSA) is 63.7 Å². The molecule has 3 aromatic rings. The largest absolute Gasteiger partial charge is 0.485 e. The van der Waals surface area contributed by atoms with Crippen LogP contribution in [0.15, 0.2) is 36.4 Å². The van der Waals surface area contributed by atoms with E-state index >= 15 is 0 Å². The lowest BCUT2D eigenvalue weighted by Gasteiger charge is -2.12. The molecule has 1 unspecified atom stereocenters. The number of nitrogens with one attached hydrogen (secondary N) is 1. The number of ether oxygens (including phenoxy) is 1.